The Balaban J connectivity index is 1.43. The number of aliphatic hydroxyl groups is 2. The summed E-state index contributed by atoms with van der Waals surface area (Å²) in [4.78, 5) is 41.5. The van der Waals surface area contributed by atoms with Crippen molar-refractivity contribution in [3.05, 3.63) is 87.8 Å². The van der Waals surface area contributed by atoms with E-state index in [1.54, 1.807) is 36.4 Å². The number of carbonyl (C=O) groups is 2. The molecule has 3 aromatic rings. The standard InChI is InChI=1S/C29H28N2O7/c32-12-11-30-27(34)19-14-21(25(33)26-24(19)18-6-2-4-8-23(18)37-26)31(15-16-9-10-16)28(35)20-13-17-5-1-3-7-22(17)38-29(20)36/h1-8,13-14,16,21,24-26,32-33H,9-12,15H2,(H,30,34)/t21-,24+,25+,26+/m1/s1. The van der Waals surface area contributed by atoms with Crippen LogP contribution in [0.3, 0.4) is 0 Å². The molecule has 2 aliphatic carbocycles. The molecule has 4 atom stereocenters. The van der Waals surface area contributed by atoms with Crippen molar-refractivity contribution in [2.24, 2.45) is 5.92 Å². The lowest BCUT2D eigenvalue weighted by molar-refractivity contribution is -0.118. The van der Waals surface area contributed by atoms with E-state index in [4.69, 9.17) is 9.15 Å². The second-order valence-electron chi connectivity index (χ2n) is 10.1. The monoisotopic (exact) mass is 516 g/mol. The zero-order valence-corrected chi connectivity index (χ0v) is 20.6. The SMILES string of the molecule is O=C(NCCO)C1=C[C@@H](N(CC2CC2)C(=O)c2cc3ccccc3oc2=O)[C@H](O)[C@H]2Oc3ccccc3[C@@H]12. The summed E-state index contributed by atoms with van der Waals surface area (Å²) in [5, 5.41) is 24.2. The van der Waals surface area contributed by atoms with Crippen molar-refractivity contribution in [1.29, 1.82) is 0 Å². The second kappa shape index (κ2) is 9.74. The molecular weight excluding hydrogens is 488 g/mol. The average Bonchev–Trinajstić information content (AvgIpc) is 3.67. The van der Waals surface area contributed by atoms with E-state index in [1.807, 2.05) is 18.2 Å². The van der Waals surface area contributed by atoms with Gasteiger partial charge < -0.3 is 29.6 Å². The van der Waals surface area contributed by atoms with Crippen LogP contribution in [0, 0.1) is 5.92 Å². The minimum Gasteiger partial charge on any atom is -0.486 e. The summed E-state index contributed by atoms with van der Waals surface area (Å²) in [5.74, 6) is -0.715. The Kier molecular flexibility index (Phi) is 6.25. The molecule has 1 aromatic heterocycles. The summed E-state index contributed by atoms with van der Waals surface area (Å²) in [6, 6.07) is 14.8. The Morgan fingerprint density at radius 1 is 1.08 bits per heavy atom. The van der Waals surface area contributed by atoms with E-state index in [0.717, 1.165) is 18.4 Å². The fraction of sp³-hybridized carbons (Fsp3) is 0.345. The zero-order chi connectivity index (χ0) is 26.4. The summed E-state index contributed by atoms with van der Waals surface area (Å²) in [6.45, 7) is 0.154. The van der Waals surface area contributed by atoms with E-state index in [-0.39, 0.29) is 24.6 Å². The number of fused-ring (bicyclic) bond motifs is 4. The quantitative estimate of drug-likeness (QED) is 0.410. The molecule has 2 heterocycles. The summed E-state index contributed by atoms with van der Waals surface area (Å²) < 4.78 is 11.6. The predicted molar refractivity (Wildman–Crippen MR) is 138 cm³/mol. The Morgan fingerprint density at radius 2 is 1.84 bits per heavy atom. The van der Waals surface area contributed by atoms with Crippen LogP contribution in [0.5, 0.6) is 5.75 Å². The van der Waals surface area contributed by atoms with Crippen LogP contribution in [0.2, 0.25) is 0 Å². The van der Waals surface area contributed by atoms with Crippen LogP contribution in [-0.2, 0) is 4.79 Å². The lowest BCUT2D eigenvalue weighted by atomic mass is 9.77. The zero-order valence-electron chi connectivity index (χ0n) is 20.6. The third kappa shape index (κ3) is 4.27. The molecule has 0 radical (unpaired) electrons. The maximum atomic E-state index is 13.9. The van der Waals surface area contributed by atoms with E-state index in [0.29, 0.717) is 28.8 Å². The van der Waals surface area contributed by atoms with E-state index >= 15 is 0 Å². The molecule has 2 amide bonds. The van der Waals surface area contributed by atoms with Gasteiger partial charge in [-0.25, -0.2) is 4.79 Å². The van der Waals surface area contributed by atoms with E-state index in [9.17, 15) is 24.6 Å². The fourth-order valence-corrected chi connectivity index (χ4v) is 5.48. The number of hydrogen-bond donors (Lipinski definition) is 3. The lowest BCUT2D eigenvalue weighted by Gasteiger charge is -2.40. The number of nitrogens with zero attached hydrogens (tertiary/aromatic N) is 1. The third-order valence-corrected chi connectivity index (χ3v) is 7.52. The smallest absolute Gasteiger partial charge is 0.349 e. The van der Waals surface area contributed by atoms with Gasteiger partial charge in [-0.1, -0.05) is 36.4 Å². The van der Waals surface area contributed by atoms with Gasteiger partial charge in [0.2, 0.25) is 5.91 Å². The minimum absolute atomic E-state index is 0.0616. The Bertz CT molecular complexity index is 1490. The van der Waals surface area contributed by atoms with Gasteiger partial charge in [-0.05, 0) is 43.0 Å². The molecule has 9 nitrogen and oxygen atoms in total. The van der Waals surface area contributed by atoms with E-state index in [2.05, 4.69) is 5.32 Å². The van der Waals surface area contributed by atoms with Crippen LogP contribution in [0.15, 0.2) is 75.5 Å². The van der Waals surface area contributed by atoms with Crippen LogP contribution in [0.1, 0.15) is 34.7 Å². The molecule has 0 unspecified atom stereocenters. The van der Waals surface area contributed by atoms with Crippen molar-refractivity contribution in [1.82, 2.24) is 10.2 Å². The molecular formula is C29H28N2O7. The van der Waals surface area contributed by atoms with Crippen molar-refractivity contribution in [2.75, 3.05) is 19.7 Å². The largest absolute Gasteiger partial charge is 0.486 e. The van der Waals surface area contributed by atoms with Crippen molar-refractivity contribution in [2.45, 2.75) is 37.0 Å². The number of ether oxygens (including phenoxy) is 1. The molecule has 1 aliphatic heterocycles. The van der Waals surface area contributed by atoms with Crippen LogP contribution < -0.4 is 15.7 Å². The Morgan fingerprint density at radius 3 is 2.63 bits per heavy atom. The number of nitrogens with one attached hydrogen (secondary N) is 1. The summed E-state index contributed by atoms with van der Waals surface area (Å²) >= 11 is 0. The van der Waals surface area contributed by atoms with Crippen LogP contribution in [0.4, 0.5) is 0 Å². The normalized spacial score (nSPS) is 23.7. The third-order valence-electron chi connectivity index (χ3n) is 7.52. The number of carbonyl (C=O) groups excluding carboxylic acids is 2. The van der Waals surface area contributed by atoms with Crippen molar-refractivity contribution >= 4 is 22.8 Å². The van der Waals surface area contributed by atoms with Crippen LogP contribution in [0.25, 0.3) is 11.0 Å². The minimum atomic E-state index is -1.16. The highest BCUT2D eigenvalue weighted by atomic mass is 16.5. The highest BCUT2D eigenvalue weighted by Gasteiger charge is 2.51. The molecule has 38 heavy (non-hydrogen) atoms. The molecule has 1 fully saturated rings. The maximum absolute atomic E-state index is 13.9. The van der Waals surface area contributed by atoms with Gasteiger partial charge >= 0.3 is 5.63 Å². The summed E-state index contributed by atoms with van der Waals surface area (Å²) in [5.41, 5.74) is 0.614. The summed E-state index contributed by atoms with van der Waals surface area (Å²) in [7, 11) is 0. The van der Waals surface area contributed by atoms with Crippen LogP contribution in [-0.4, -0.2) is 64.9 Å². The first kappa shape index (κ1) is 24.4. The number of para-hydroxylation sites is 2. The van der Waals surface area contributed by atoms with Gasteiger partial charge in [0.15, 0.2) is 0 Å². The topological polar surface area (TPSA) is 129 Å². The van der Waals surface area contributed by atoms with E-state index in [1.165, 1.54) is 11.0 Å². The van der Waals surface area contributed by atoms with Gasteiger partial charge in [0.05, 0.1) is 18.6 Å². The highest BCUT2D eigenvalue weighted by Crippen LogP contribution is 2.47. The van der Waals surface area contributed by atoms with Gasteiger partial charge in [-0.2, -0.15) is 0 Å². The molecule has 1 saturated carbocycles. The molecule has 9 heteroatoms. The number of rotatable bonds is 7. The maximum Gasteiger partial charge on any atom is 0.349 e. The molecule has 196 valence electrons. The Labute approximate surface area is 218 Å². The van der Waals surface area contributed by atoms with E-state index < -0.39 is 41.6 Å². The number of hydrogen-bond acceptors (Lipinski definition) is 7. The number of aliphatic hydroxyl groups excluding tert-OH is 2. The predicted octanol–water partition coefficient (Wildman–Crippen LogP) is 1.97. The van der Waals surface area contributed by atoms with Gasteiger partial charge in [-0.15, -0.1) is 0 Å². The molecule has 0 bridgehead atoms. The lowest BCUT2D eigenvalue weighted by Crippen LogP contribution is -2.56. The van der Waals surface area contributed by atoms with Gasteiger partial charge in [0.1, 0.15) is 29.1 Å². The van der Waals surface area contributed by atoms with Crippen molar-refractivity contribution < 1.29 is 29.0 Å². The summed E-state index contributed by atoms with van der Waals surface area (Å²) in [6.07, 6.45) is 1.52. The average molecular weight is 517 g/mol. The first-order chi connectivity index (χ1) is 18.5. The molecule has 0 saturated heterocycles. The molecule has 3 N–H and O–H groups in total. The molecule has 0 spiro atoms. The second-order valence-corrected chi connectivity index (χ2v) is 10.1. The molecule has 2 aromatic carbocycles. The molecule has 6 rings (SSSR count). The van der Waals surface area contributed by atoms with Crippen molar-refractivity contribution in [3.8, 4) is 5.75 Å². The van der Waals surface area contributed by atoms with Crippen LogP contribution >= 0.6 is 0 Å². The van der Waals surface area contributed by atoms with Gasteiger partial charge in [0, 0.05) is 29.6 Å². The van der Waals surface area contributed by atoms with Gasteiger partial charge in [-0.3, -0.25) is 9.59 Å². The first-order valence-corrected chi connectivity index (χ1v) is 12.8. The first-order valence-electron chi connectivity index (χ1n) is 12.8. The number of benzene rings is 2. The molecule has 3 aliphatic rings. The Hall–Kier alpha value is -3.95. The number of amides is 2. The van der Waals surface area contributed by atoms with Crippen molar-refractivity contribution in [3.63, 3.8) is 0 Å². The van der Waals surface area contributed by atoms with Gasteiger partial charge in [0.25, 0.3) is 5.91 Å². The fourth-order valence-electron chi connectivity index (χ4n) is 5.48. The highest BCUT2D eigenvalue weighted by molar-refractivity contribution is 5.98.